The Kier molecular flexibility index (Phi) is 5.19. The Balaban J connectivity index is 2.72. The van der Waals surface area contributed by atoms with Crippen molar-refractivity contribution in [2.45, 2.75) is 47.1 Å². The molecule has 0 amide bonds. The highest BCUT2D eigenvalue weighted by atomic mass is 15.1. The van der Waals surface area contributed by atoms with E-state index in [0.717, 1.165) is 24.5 Å². The van der Waals surface area contributed by atoms with Crippen molar-refractivity contribution in [3.63, 3.8) is 0 Å². The van der Waals surface area contributed by atoms with E-state index in [1.54, 1.807) is 0 Å². The number of aromatic nitrogens is 2. The summed E-state index contributed by atoms with van der Waals surface area (Å²) in [6, 6.07) is 2.37. The van der Waals surface area contributed by atoms with Crippen molar-refractivity contribution in [3.8, 4) is 0 Å². The quantitative estimate of drug-likeness (QED) is 0.797. The van der Waals surface area contributed by atoms with Crippen LogP contribution in [0.3, 0.4) is 0 Å². The lowest BCUT2D eigenvalue weighted by Crippen LogP contribution is -2.17. The first-order chi connectivity index (χ1) is 8.01. The summed E-state index contributed by atoms with van der Waals surface area (Å²) in [7, 11) is 0. The number of nitrogens with one attached hydrogen (secondary N) is 2. The Labute approximate surface area is 104 Å². The smallest absolute Gasteiger partial charge is 0.225 e. The van der Waals surface area contributed by atoms with Crippen molar-refractivity contribution in [1.29, 1.82) is 0 Å². The van der Waals surface area contributed by atoms with Crippen LogP contribution in [0.25, 0.3) is 0 Å². The number of hydrogen-bond donors (Lipinski definition) is 2. The lowest BCUT2D eigenvalue weighted by atomic mass is 10.2. The zero-order valence-electron chi connectivity index (χ0n) is 11.5. The molecule has 0 bridgehead atoms. The van der Waals surface area contributed by atoms with Crippen LogP contribution in [0.4, 0.5) is 11.8 Å². The maximum Gasteiger partial charge on any atom is 0.225 e. The van der Waals surface area contributed by atoms with Crippen molar-refractivity contribution in [2.75, 3.05) is 17.2 Å². The van der Waals surface area contributed by atoms with E-state index in [0.29, 0.717) is 17.9 Å². The Morgan fingerprint density at radius 2 is 1.94 bits per heavy atom. The third-order valence-electron chi connectivity index (χ3n) is 2.53. The molecule has 4 nitrogen and oxygen atoms in total. The zero-order chi connectivity index (χ0) is 12.8. The van der Waals surface area contributed by atoms with Crippen LogP contribution >= 0.6 is 0 Å². The van der Waals surface area contributed by atoms with Crippen LogP contribution in [0.2, 0.25) is 0 Å². The van der Waals surface area contributed by atoms with E-state index in [9.17, 15) is 0 Å². The third-order valence-corrected chi connectivity index (χ3v) is 2.53. The standard InChI is InChI=1S/C13H24N4/c1-6-10(4)15-13-16-11(5)7-12(17-13)14-8-9(2)3/h7,9-10H,6,8H2,1-5H3,(H2,14,15,16,17). The van der Waals surface area contributed by atoms with Crippen molar-refractivity contribution < 1.29 is 0 Å². The molecule has 0 aliphatic carbocycles. The van der Waals surface area contributed by atoms with E-state index in [4.69, 9.17) is 0 Å². The molecule has 0 aliphatic heterocycles. The number of rotatable bonds is 6. The van der Waals surface area contributed by atoms with Gasteiger partial charge in [0.05, 0.1) is 0 Å². The molecule has 1 unspecified atom stereocenters. The second-order valence-corrected chi connectivity index (χ2v) is 4.95. The minimum Gasteiger partial charge on any atom is -0.370 e. The molecule has 1 atom stereocenters. The van der Waals surface area contributed by atoms with Crippen molar-refractivity contribution in [2.24, 2.45) is 5.92 Å². The summed E-state index contributed by atoms with van der Waals surface area (Å²) in [5.74, 6) is 2.22. The number of anilines is 2. The van der Waals surface area contributed by atoms with E-state index in [1.165, 1.54) is 0 Å². The highest BCUT2D eigenvalue weighted by Gasteiger charge is 2.05. The molecule has 0 aliphatic rings. The third kappa shape index (κ3) is 5.02. The SMILES string of the molecule is CCC(C)Nc1nc(C)cc(NCC(C)C)n1. The minimum atomic E-state index is 0.398. The molecule has 17 heavy (non-hydrogen) atoms. The maximum atomic E-state index is 4.46. The molecule has 1 aromatic rings. The maximum absolute atomic E-state index is 4.46. The van der Waals surface area contributed by atoms with Crippen LogP contribution in [0.15, 0.2) is 6.07 Å². The van der Waals surface area contributed by atoms with Gasteiger partial charge in [-0.15, -0.1) is 0 Å². The summed E-state index contributed by atoms with van der Waals surface area (Å²) in [5.41, 5.74) is 0.983. The van der Waals surface area contributed by atoms with Gasteiger partial charge in [0, 0.05) is 24.3 Å². The van der Waals surface area contributed by atoms with Gasteiger partial charge >= 0.3 is 0 Å². The van der Waals surface area contributed by atoms with Gasteiger partial charge in [0.1, 0.15) is 5.82 Å². The summed E-state index contributed by atoms with van der Waals surface area (Å²) < 4.78 is 0. The van der Waals surface area contributed by atoms with Gasteiger partial charge in [-0.3, -0.25) is 0 Å². The van der Waals surface area contributed by atoms with Gasteiger partial charge in [-0.2, -0.15) is 4.98 Å². The van der Waals surface area contributed by atoms with Crippen LogP contribution in [0, 0.1) is 12.8 Å². The zero-order valence-corrected chi connectivity index (χ0v) is 11.5. The van der Waals surface area contributed by atoms with Crippen molar-refractivity contribution >= 4 is 11.8 Å². The number of hydrogen-bond acceptors (Lipinski definition) is 4. The summed E-state index contributed by atoms with van der Waals surface area (Å²) in [6.07, 6.45) is 1.06. The first-order valence-electron chi connectivity index (χ1n) is 6.37. The molecule has 1 rings (SSSR count). The lowest BCUT2D eigenvalue weighted by molar-refractivity contribution is 0.686. The van der Waals surface area contributed by atoms with Crippen LogP contribution in [-0.2, 0) is 0 Å². The van der Waals surface area contributed by atoms with E-state index >= 15 is 0 Å². The molecule has 0 fully saturated rings. The largest absolute Gasteiger partial charge is 0.370 e. The average Bonchev–Trinajstić information content (AvgIpc) is 2.25. The fourth-order valence-corrected chi connectivity index (χ4v) is 1.35. The average molecular weight is 236 g/mol. The van der Waals surface area contributed by atoms with E-state index in [2.05, 4.69) is 48.3 Å². The van der Waals surface area contributed by atoms with Gasteiger partial charge < -0.3 is 10.6 Å². The molecule has 4 heteroatoms. The highest BCUT2D eigenvalue weighted by Crippen LogP contribution is 2.11. The molecule has 0 spiro atoms. The highest BCUT2D eigenvalue weighted by molar-refractivity contribution is 5.42. The summed E-state index contributed by atoms with van der Waals surface area (Å²) in [5, 5.41) is 6.62. The molecule has 1 heterocycles. The molecule has 0 aromatic carbocycles. The Bertz CT molecular complexity index is 349. The van der Waals surface area contributed by atoms with Crippen molar-refractivity contribution in [1.82, 2.24) is 9.97 Å². The molecule has 0 saturated heterocycles. The topological polar surface area (TPSA) is 49.8 Å². The second-order valence-electron chi connectivity index (χ2n) is 4.95. The van der Waals surface area contributed by atoms with Crippen LogP contribution in [0.1, 0.15) is 39.8 Å². The fraction of sp³-hybridized carbons (Fsp3) is 0.692. The van der Waals surface area contributed by atoms with Gasteiger partial charge in [0.2, 0.25) is 5.95 Å². The minimum absolute atomic E-state index is 0.398. The second kappa shape index (κ2) is 6.42. The lowest BCUT2D eigenvalue weighted by Gasteiger charge is -2.14. The summed E-state index contributed by atoms with van der Waals surface area (Å²) >= 11 is 0. The van der Waals surface area contributed by atoms with Gasteiger partial charge in [-0.25, -0.2) is 4.98 Å². The van der Waals surface area contributed by atoms with Crippen LogP contribution in [0.5, 0.6) is 0 Å². The molecule has 1 aromatic heterocycles. The van der Waals surface area contributed by atoms with Gasteiger partial charge in [-0.1, -0.05) is 20.8 Å². The predicted molar refractivity (Wildman–Crippen MR) is 73.5 cm³/mol. The first kappa shape index (κ1) is 13.7. The first-order valence-corrected chi connectivity index (χ1v) is 6.37. The van der Waals surface area contributed by atoms with Crippen LogP contribution < -0.4 is 10.6 Å². The fourth-order valence-electron chi connectivity index (χ4n) is 1.35. The molecule has 0 saturated carbocycles. The Hall–Kier alpha value is -1.32. The Morgan fingerprint density at radius 1 is 1.24 bits per heavy atom. The van der Waals surface area contributed by atoms with Crippen molar-refractivity contribution in [3.05, 3.63) is 11.8 Å². The number of nitrogens with zero attached hydrogens (tertiary/aromatic N) is 2. The molecular weight excluding hydrogens is 212 g/mol. The molecule has 96 valence electrons. The van der Waals surface area contributed by atoms with E-state index in [1.807, 2.05) is 13.0 Å². The molecule has 0 radical (unpaired) electrons. The van der Waals surface area contributed by atoms with E-state index in [-0.39, 0.29) is 0 Å². The monoisotopic (exact) mass is 236 g/mol. The Morgan fingerprint density at radius 3 is 2.53 bits per heavy atom. The van der Waals surface area contributed by atoms with Gasteiger partial charge in [0.25, 0.3) is 0 Å². The number of aryl methyl sites for hydroxylation is 1. The van der Waals surface area contributed by atoms with Crippen LogP contribution in [-0.4, -0.2) is 22.6 Å². The van der Waals surface area contributed by atoms with Gasteiger partial charge in [-0.05, 0) is 26.2 Å². The van der Waals surface area contributed by atoms with E-state index < -0.39 is 0 Å². The summed E-state index contributed by atoms with van der Waals surface area (Å²) in [6.45, 7) is 11.6. The normalized spacial score (nSPS) is 12.6. The molecular formula is C13H24N4. The molecule has 2 N–H and O–H groups in total. The van der Waals surface area contributed by atoms with Gasteiger partial charge in [0.15, 0.2) is 0 Å². The summed E-state index contributed by atoms with van der Waals surface area (Å²) in [4.78, 5) is 8.85. The predicted octanol–water partition coefficient (Wildman–Crippen LogP) is 3.06.